The van der Waals surface area contributed by atoms with Crippen LogP contribution >= 0.6 is 0 Å². The van der Waals surface area contributed by atoms with E-state index in [9.17, 15) is 9.59 Å². The third-order valence-electron chi connectivity index (χ3n) is 5.53. The number of rotatable bonds is 3. The van der Waals surface area contributed by atoms with Crippen LogP contribution in [0.3, 0.4) is 0 Å². The summed E-state index contributed by atoms with van der Waals surface area (Å²) in [7, 11) is 0. The Hall–Kier alpha value is -2.04. The first-order valence-electron chi connectivity index (χ1n) is 9.66. The first kappa shape index (κ1) is 18.7. The largest absolute Gasteiger partial charge is 0.335 e. The summed E-state index contributed by atoms with van der Waals surface area (Å²) in [6.45, 7) is 9.34. The van der Waals surface area contributed by atoms with Crippen molar-refractivity contribution in [3.05, 3.63) is 29.8 Å². The van der Waals surface area contributed by atoms with Gasteiger partial charge in [-0.2, -0.15) is 0 Å². The van der Waals surface area contributed by atoms with E-state index in [2.05, 4.69) is 31.4 Å². The second-order valence-electron chi connectivity index (χ2n) is 8.97. The van der Waals surface area contributed by atoms with E-state index in [0.717, 1.165) is 18.5 Å². The summed E-state index contributed by atoms with van der Waals surface area (Å²) in [4.78, 5) is 26.5. The average Bonchev–Trinajstić information content (AvgIpc) is 2.86. The molecule has 3 atom stereocenters. The van der Waals surface area contributed by atoms with Crippen molar-refractivity contribution in [3.8, 4) is 0 Å². The summed E-state index contributed by atoms with van der Waals surface area (Å²) < 4.78 is 0. The molecule has 1 aromatic rings. The summed E-state index contributed by atoms with van der Waals surface area (Å²) in [6.07, 6.45) is 3.59. The molecular formula is C21H31N3O2. The van der Waals surface area contributed by atoms with E-state index in [4.69, 9.17) is 0 Å². The molecule has 0 spiro atoms. The highest BCUT2D eigenvalue weighted by molar-refractivity contribution is 5.96. The van der Waals surface area contributed by atoms with Crippen LogP contribution < -0.4 is 15.5 Å². The Balaban J connectivity index is 1.54. The van der Waals surface area contributed by atoms with Crippen molar-refractivity contribution < 1.29 is 9.59 Å². The summed E-state index contributed by atoms with van der Waals surface area (Å²) in [5.41, 5.74) is 2.33. The molecule has 5 nitrogen and oxygen atoms in total. The summed E-state index contributed by atoms with van der Waals surface area (Å²) in [5, 5.41) is 6.13. The van der Waals surface area contributed by atoms with Crippen LogP contribution in [0.2, 0.25) is 0 Å². The number of hydrogen-bond acceptors (Lipinski definition) is 2. The minimum atomic E-state index is -0.150. The number of anilines is 1. The summed E-state index contributed by atoms with van der Waals surface area (Å²) >= 11 is 0. The van der Waals surface area contributed by atoms with Gasteiger partial charge in [0.1, 0.15) is 0 Å². The van der Waals surface area contributed by atoms with Gasteiger partial charge in [-0.1, -0.05) is 38.5 Å². The minimum absolute atomic E-state index is 0.0616. The number of benzene rings is 1. The SMILES string of the molecule is Cc1ccc(N2C[C@H](NC(=O)N[C@@H]3C[C@H](C)CC(C)(C)C3)CC2=O)cc1. The molecule has 1 heterocycles. The zero-order valence-corrected chi connectivity index (χ0v) is 16.3. The van der Waals surface area contributed by atoms with Gasteiger partial charge in [0.2, 0.25) is 5.91 Å². The molecule has 2 fully saturated rings. The average molecular weight is 357 g/mol. The third-order valence-corrected chi connectivity index (χ3v) is 5.53. The molecule has 1 aliphatic heterocycles. The number of aryl methyl sites for hydroxylation is 1. The van der Waals surface area contributed by atoms with Crippen molar-refractivity contribution in [3.63, 3.8) is 0 Å². The van der Waals surface area contributed by atoms with E-state index in [-0.39, 0.29) is 29.4 Å². The summed E-state index contributed by atoms with van der Waals surface area (Å²) in [6, 6.07) is 7.84. The Morgan fingerprint density at radius 1 is 1.12 bits per heavy atom. The number of hydrogen-bond donors (Lipinski definition) is 2. The van der Waals surface area contributed by atoms with Gasteiger partial charge in [-0.25, -0.2) is 4.79 Å². The fourth-order valence-corrected chi connectivity index (χ4v) is 4.65. The number of urea groups is 1. The number of carbonyl (C=O) groups excluding carboxylic acids is 2. The van der Waals surface area contributed by atoms with Gasteiger partial charge in [0.05, 0.1) is 6.04 Å². The topological polar surface area (TPSA) is 61.4 Å². The van der Waals surface area contributed by atoms with E-state index in [0.29, 0.717) is 18.9 Å². The number of carbonyl (C=O) groups is 2. The maximum atomic E-state index is 12.4. The van der Waals surface area contributed by atoms with Crippen molar-refractivity contribution in [2.45, 2.75) is 65.5 Å². The van der Waals surface area contributed by atoms with E-state index < -0.39 is 0 Å². The molecule has 0 unspecified atom stereocenters. The van der Waals surface area contributed by atoms with Crippen molar-refractivity contribution >= 4 is 17.6 Å². The lowest BCUT2D eigenvalue weighted by atomic mass is 9.71. The quantitative estimate of drug-likeness (QED) is 0.868. The molecule has 0 bridgehead atoms. The Kier molecular flexibility index (Phi) is 5.26. The first-order chi connectivity index (χ1) is 12.2. The molecule has 1 aromatic carbocycles. The molecular weight excluding hydrogens is 326 g/mol. The Bertz CT molecular complexity index is 668. The van der Waals surface area contributed by atoms with Gasteiger partial charge < -0.3 is 15.5 Å². The van der Waals surface area contributed by atoms with E-state index in [1.165, 1.54) is 12.0 Å². The summed E-state index contributed by atoms with van der Waals surface area (Å²) in [5.74, 6) is 0.681. The minimum Gasteiger partial charge on any atom is -0.335 e. The predicted octanol–water partition coefficient (Wildman–Crippen LogP) is 3.61. The van der Waals surface area contributed by atoms with Gasteiger partial charge in [-0.05, 0) is 49.7 Å². The monoisotopic (exact) mass is 357 g/mol. The molecule has 0 radical (unpaired) electrons. The van der Waals surface area contributed by atoms with E-state index >= 15 is 0 Å². The lowest BCUT2D eigenvalue weighted by molar-refractivity contribution is -0.117. The molecule has 3 amide bonds. The molecule has 5 heteroatoms. The maximum absolute atomic E-state index is 12.4. The second-order valence-corrected chi connectivity index (χ2v) is 8.97. The van der Waals surface area contributed by atoms with E-state index in [1.807, 2.05) is 31.2 Å². The van der Waals surface area contributed by atoms with Crippen LogP contribution in [0.4, 0.5) is 10.5 Å². The molecule has 0 aromatic heterocycles. The lowest BCUT2D eigenvalue weighted by Crippen LogP contribution is -2.50. The van der Waals surface area contributed by atoms with Gasteiger partial charge in [0.15, 0.2) is 0 Å². The molecule has 26 heavy (non-hydrogen) atoms. The molecule has 1 saturated carbocycles. The molecule has 3 rings (SSSR count). The zero-order chi connectivity index (χ0) is 18.9. The highest BCUT2D eigenvalue weighted by Gasteiger charge is 2.34. The smallest absolute Gasteiger partial charge is 0.315 e. The molecule has 2 N–H and O–H groups in total. The van der Waals surface area contributed by atoms with Crippen molar-refractivity contribution in [2.24, 2.45) is 11.3 Å². The van der Waals surface area contributed by atoms with Crippen molar-refractivity contribution in [2.75, 3.05) is 11.4 Å². The van der Waals surface area contributed by atoms with Crippen LogP contribution in [0, 0.1) is 18.3 Å². The van der Waals surface area contributed by atoms with Crippen LogP contribution in [0.1, 0.15) is 52.0 Å². The standard InChI is InChI=1S/C21H31N3O2/c1-14-5-7-18(8-6-14)24-13-17(10-19(24)25)23-20(26)22-16-9-15(2)11-21(3,4)12-16/h5-8,15-17H,9-13H2,1-4H3,(H2,22,23,26)/t15-,16+,17+/m0/s1. The molecule has 1 aliphatic carbocycles. The number of nitrogens with zero attached hydrogens (tertiary/aromatic N) is 1. The van der Waals surface area contributed by atoms with E-state index in [1.54, 1.807) is 4.90 Å². The van der Waals surface area contributed by atoms with Gasteiger partial charge in [-0.3, -0.25) is 4.79 Å². The predicted molar refractivity (Wildman–Crippen MR) is 104 cm³/mol. The van der Waals surface area contributed by atoms with Gasteiger partial charge >= 0.3 is 6.03 Å². The third kappa shape index (κ3) is 4.57. The highest BCUT2D eigenvalue weighted by atomic mass is 16.2. The Labute approximate surface area is 156 Å². The van der Waals surface area contributed by atoms with Crippen LogP contribution in [-0.2, 0) is 4.79 Å². The maximum Gasteiger partial charge on any atom is 0.315 e. The van der Waals surface area contributed by atoms with Gasteiger partial charge in [-0.15, -0.1) is 0 Å². The first-order valence-corrected chi connectivity index (χ1v) is 9.66. The number of amides is 3. The highest BCUT2D eigenvalue weighted by Crippen LogP contribution is 2.38. The lowest BCUT2D eigenvalue weighted by Gasteiger charge is -2.39. The molecule has 1 saturated heterocycles. The Morgan fingerprint density at radius 2 is 1.77 bits per heavy atom. The molecule has 2 aliphatic rings. The molecule has 142 valence electrons. The second kappa shape index (κ2) is 7.29. The van der Waals surface area contributed by atoms with Crippen LogP contribution in [-0.4, -0.2) is 30.6 Å². The van der Waals surface area contributed by atoms with Crippen molar-refractivity contribution in [1.29, 1.82) is 0 Å². The van der Waals surface area contributed by atoms with Crippen LogP contribution in [0.5, 0.6) is 0 Å². The fourth-order valence-electron chi connectivity index (χ4n) is 4.65. The van der Waals surface area contributed by atoms with Crippen LogP contribution in [0.15, 0.2) is 24.3 Å². The van der Waals surface area contributed by atoms with Gasteiger partial charge in [0.25, 0.3) is 0 Å². The normalized spacial score (nSPS) is 28.1. The van der Waals surface area contributed by atoms with Crippen LogP contribution in [0.25, 0.3) is 0 Å². The fraction of sp³-hybridized carbons (Fsp3) is 0.619. The number of nitrogens with one attached hydrogen (secondary N) is 2. The van der Waals surface area contributed by atoms with Crippen molar-refractivity contribution in [1.82, 2.24) is 10.6 Å². The zero-order valence-electron chi connectivity index (χ0n) is 16.3. The Morgan fingerprint density at radius 3 is 2.42 bits per heavy atom. The van der Waals surface area contributed by atoms with Gasteiger partial charge in [0, 0.05) is 24.7 Å².